The number of carbonyl (C=O) groups excluding carboxylic acids is 2. The molecule has 0 aliphatic carbocycles. The Balaban J connectivity index is 1.87. The van der Waals surface area contributed by atoms with Crippen molar-refractivity contribution in [2.75, 3.05) is 33.4 Å². The van der Waals surface area contributed by atoms with Crippen molar-refractivity contribution < 1.29 is 32.1 Å². The SMILES string of the molecule is CC(C)C[C@H](NC(=O)C(Cc1ccccc1)NC(=O)c1cc(Br)cc(C(F)(F)F)c1Br)B1OCCN(C)CCO1. The summed E-state index contributed by atoms with van der Waals surface area (Å²) >= 11 is 6.01. The molecule has 0 saturated carbocycles. The number of nitrogens with one attached hydrogen (secondary N) is 2. The van der Waals surface area contributed by atoms with Crippen LogP contribution in [0.1, 0.15) is 41.8 Å². The number of rotatable bonds is 9. The van der Waals surface area contributed by atoms with Crippen LogP contribution in [0, 0.1) is 5.92 Å². The number of nitrogens with zero attached hydrogens (tertiary/aromatic N) is 1. The molecule has 1 saturated heterocycles. The molecule has 0 bridgehead atoms. The Bertz CT molecular complexity index is 1150. The van der Waals surface area contributed by atoms with E-state index in [0.29, 0.717) is 19.6 Å². The zero-order valence-corrected chi connectivity index (χ0v) is 25.7. The van der Waals surface area contributed by atoms with Crippen LogP contribution in [-0.4, -0.2) is 69.2 Å². The first-order chi connectivity index (χ1) is 18.8. The van der Waals surface area contributed by atoms with Gasteiger partial charge in [0.1, 0.15) is 6.04 Å². The van der Waals surface area contributed by atoms with E-state index in [-0.39, 0.29) is 22.4 Å². The van der Waals surface area contributed by atoms with E-state index in [1.165, 1.54) is 6.07 Å². The molecular weight excluding hydrogens is 658 g/mol. The third-order valence-corrected chi connectivity index (χ3v) is 7.70. The molecule has 0 aromatic heterocycles. The van der Waals surface area contributed by atoms with Gasteiger partial charge in [-0.15, -0.1) is 0 Å². The first-order valence-electron chi connectivity index (χ1n) is 13.0. The van der Waals surface area contributed by atoms with Crippen LogP contribution in [0.15, 0.2) is 51.4 Å². The second-order valence-corrected chi connectivity index (χ2v) is 11.9. The van der Waals surface area contributed by atoms with E-state index in [2.05, 4.69) is 47.4 Å². The van der Waals surface area contributed by atoms with E-state index >= 15 is 0 Å². The van der Waals surface area contributed by atoms with Gasteiger partial charge in [-0.2, -0.15) is 13.2 Å². The molecule has 1 heterocycles. The van der Waals surface area contributed by atoms with Crippen LogP contribution in [0.25, 0.3) is 0 Å². The maximum atomic E-state index is 13.7. The topological polar surface area (TPSA) is 79.9 Å². The number of likely N-dealkylation sites (N-methyl/N-ethyl adjacent to an activating group) is 1. The van der Waals surface area contributed by atoms with Gasteiger partial charge in [0.2, 0.25) is 5.91 Å². The second kappa shape index (κ2) is 14.8. The average molecular weight is 691 g/mol. The third-order valence-electron chi connectivity index (χ3n) is 6.38. The second-order valence-electron chi connectivity index (χ2n) is 10.2. The summed E-state index contributed by atoms with van der Waals surface area (Å²) in [7, 11) is 1.29. The molecule has 40 heavy (non-hydrogen) atoms. The average Bonchev–Trinajstić information content (AvgIpc) is 2.86. The van der Waals surface area contributed by atoms with Gasteiger partial charge in [-0.3, -0.25) is 9.59 Å². The lowest BCUT2D eigenvalue weighted by Crippen LogP contribution is -2.57. The molecule has 2 atom stereocenters. The first kappa shape index (κ1) is 32.6. The summed E-state index contributed by atoms with van der Waals surface area (Å²) in [6.45, 7) is 6.32. The van der Waals surface area contributed by atoms with Gasteiger partial charge in [0.25, 0.3) is 5.91 Å². The predicted octanol–water partition coefficient (Wildman–Crippen LogP) is 5.11. The molecule has 2 N–H and O–H groups in total. The van der Waals surface area contributed by atoms with Crippen LogP contribution in [0.5, 0.6) is 0 Å². The monoisotopic (exact) mass is 689 g/mol. The Hall–Kier alpha value is -1.93. The summed E-state index contributed by atoms with van der Waals surface area (Å²) in [5.41, 5.74) is -0.478. The van der Waals surface area contributed by atoms with Crippen LogP contribution < -0.4 is 10.6 Å². The molecule has 7 nitrogen and oxygen atoms in total. The van der Waals surface area contributed by atoms with Gasteiger partial charge in [-0.25, -0.2) is 0 Å². The minimum Gasteiger partial charge on any atom is -0.408 e. The van der Waals surface area contributed by atoms with Crippen LogP contribution in [0.3, 0.4) is 0 Å². The van der Waals surface area contributed by atoms with Crippen LogP contribution in [0.4, 0.5) is 13.2 Å². The molecule has 2 amide bonds. The summed E-state index contributed by atoms with van der Waals surface area (Å²) in [5, 5.41) is 5.66. The number of carbonyl (C=O) groups is 2. The molecule has 2 aromatic rings. The van der Waals surface area contributed by atoms with Crippen molar-refractivity contribution in [1.82, 2.24) is 15.5 Å². The van der Waals surface area contributed by atoms with Crippen molar-refractivity contribution in [3.63, 3.8) is 0 Å². The Kier molecular flexibility index (Phi) is 12.1. The minimum absolute atomic E-state index is 0.0819. The van der Waals surface area contributed by atoms with Crippen molar-refractivity contribution in [3.05, 3.63) is 68.1 Å². The van der Waals surface area contributed by atoms with Gasteiger partial charge in [0, 0.05) is 41.7 Å². The highest BCUT2D eigenvalue weighted by atomic mass is 79.9. The Morgan fingerprint density at radius 2 is 1.68 bits per heavy atom. The minimum atomic E-state index is -4.69. The van der Waals surface area contributed by atoms with E-state index in [0.717, 1.165) is 24.7 Å². The summed E-state index contributed by atoms with van der Waals surface area (Å²) in [5.74, 6) is -1.61. The number of benzene rings is 2. The highest BCUT2D eigenvalue weighted by molar-refractivity contribution is 9.11. The third kappa shape index (κ3) is 9.58. The van der Waals surface area contributed by atoms with Crippen molar-refractivity contribution >= 4 is 50.8 Å². The quantitative estimate of drug-likeness (QED) is 0.358. The molecule has 0 radical (unpaired) electrons. The molecule has 1 unspecified atom stereocenters. The molecule has 1 aliphatic rings. The van der Waals surface area contributed by atoms with Crippen molar-refractivity contribution in [2.24, 2.45) is 5.92 Å². The normalized spacial score (nSPS) is 16.7. The van der Waals surface area contributed by atoms with Crippen molar-refractivity contribution in [2.45, 2.75) is 44.8 Å². The van der Waals surface area contributed by atoms with Crippen molar-refractivity contribution in [3.8, 4) is 0 Å². The van der Waals surface area contributed by atoms with E-state index in [4.69, 9.17) is 9.31 Å². The lowest BCUT2D eigenvalue weighted by molar-refractivity contribution is -0.138. The largest absolute Gasteiger partial charge is 0.480 e. The maximum Gasteiger partial charge on any atom is 0.480 e. The van der Waals surface area contributed by atoms with Gasteiger partial charge in [0.05, 0.1) is 17.1 Å². The number of hydrogen-bond donors (Lipinski definition) is 2. The lowest BCUT2D eigenvalue weighted by Gasteiger charge is -2.31. The fraction of sp³-hybridized carbons (Fsp3) is 0.481. The standard InChI is InChI=1S/C27H33BBr2F3N3O4/c1-17(2)13-23(28-39-11-9-36(3)10-12-40-28)35-26(38)22(14-18-7-5-4-6-8-18)34-25(37)20-15-19(29)16-21(24(20)30)27(31,32)33/h4-8,15-17,22-23H,9-14H2,1-3H3,(H,34,37)(H,35,38)/t22?,23-/m0/s1. The molecule has 0 spiro atoms. The lowest BCUT2D eigenvalue weighted by atomic mass is 9.73. The molecule has 1 fully saturated rings. The van der Waals surface area contributed by atoms with Crippen molar-refractivity contribution in [1.29, 1.82) is 0 Å². The molecular formula is C27H33BBr2F3N3O4. The number of amides is 2. The maximum absolute atomic E-state index is 13.7. The Labute approximate surface area is 249 Å². The van der Waals surface area contributed by atoms with Crippen LogP contribution >= 0.6 is 31.9 Å². The van der Waals surface area contributed by atoms with E-state index < -0.39 is 47.1 Å². The summed E-state index contributed by atoms with van der Waals surface area (Å²) in [6, 6.07) is 10.2. The van der Waals surface area contributed by atoms with E-state index in [1.54, 1.807) is 12.1 Å². The zero-order chi connectivity index (χ0) is 29.4. The number of alkyl halides is 3. The fourth-order valence-electron chi connectivity index (χ4n) is 4.33. The number of hydrogen-bond acceptors (Lipinski definition) is 5. The Morgan fingerprint density at radius 3 is 2.25 bits per heavy atom. The van der Waals surface area contributed by atoms with Crippen LogP contribution in [0.2, 0.25) is 0 Å². The van der Waals surface area contributed by atoms with E-state index in [9.17, 15) is 22.8 Å². The van der Waals surface area contributed by atoms with Gasteiger partial charge >= 0.3 is 13.3 Å². The smallest absolute Gasteiger partial charge is 0.408 e. The molecule has 1 aliphatic heterocycles. The first-order valence-corrected chi connectivity index (χ1v) is 14.6. The fourth-order valence-corrected chi connectivity index (χ4v) is 5.42. The van der Waals surface area contributed by atoms with Crippen LogP contribution in [-0.2, 0) is 26.7 Å². The van der Waals surface area contributed by atoms with Gasteiger partial charge in [0.15, 0.2) is 0 Å². The highest BCUT2D eigenvalue weighted by Crippen LogP contribution is 2.38. The predicted molar refractivity (Wildman–Crippen MR) is 155 cm³/mol. The summed E-state index contributed by atoms with van der Waals surface area (Å²) in [4.78, 5) is 29.1. The number of halogens is 5. The molecule has 13 heteroatoms. The Morgan fingerprint density at radius 1 is 1.05 bits per heavy atom. The van der Waals surface area contributed by atoms with Gasteiger partial charge in [-0.1, -0.05) is 60.1 Å². The zero-order valence-electron chi connectivity index (χ0n) is 22.6. The summed E-state index contributed by atoms with van der Waals surface area (Å²) < 4.78 is 52.3. The summed E-state index contributed by atoms with van der Waals surface area (Å²) in [6.07, 6.45) is -4.00. The van der Waals surface area contributed by atoms with Gasteiger partial charge in [-0.05, 0) is 53.0 Å². The molecule has 2 aromatic carbocycles. The van der Waals surface area contributed by atoms with E-state index in [1.807, 2.05) is 39.1 Å². The molecule has 3 rings (SSSR count). The highest BCUT2D eigenvalue weighted by Gasteiger charge is 2.37. The van der Waals surface area contributed by atoms with Gasteiger partial charge < -0.3 is 24.8 Å². The molecule has 218 valence electrons.